The fraction of sp³-hybridized carbons (Fsp3) is 0.429. The van der Waals surface area contributed by atoms with Crippen LogP contribution in [0.15, 0.2) is 30.5 Å². The molecule has 0 radical (unpaired) electrons. The highest BCUT2D eigenvalue weighted by Crippen LogP contribution is 2.18. The first-order valence-electron chi connectivity index (χ1n) is 6.28. The zero-order valence-corrected chi connectivity index (χ0v) is 9.98. The van der Waals surface area contributed by atoms with Gasteiger partial charge in [0.2, 0.25) is 0 Å². The average molecular weight is 230 g/mol. The molecule has 3 rings (SSSR count). The smallest absolute Gasteiger partial charge is 0.0594 e. The standard InChI is InChI=1S/C14H18N2O/c1-2-4-14-13(3-1)12(11-15-14)5-6-16-7-9-17-10-8-16/h1-4,11,15H,5-10H2. The van der Waals surface area contributed by atoms with Crippen molar-refractivity contribution in [3.05, 3.63) is 36.0 Å². The molecule has 0 amide bonds. The fourth-order valence-corrected chi connectivity index (χ4v) is 2.44. The minimum Gasteiger partial charge on any atom is -0.379 e. The lowest BCUT2D eigenvalue weighted by atomic mass is 10.1. The van der Waals surface area contributed by atoms with Crippen molar-refractivity contribution in [1.29, 1.82) is 0 Å². The van der Waals surface area contributed by atoms with Crippen LogP contribution in [0.25, 0.3) is 10.9 Å². The molecule has 0 aliphatic carbocycles. The van der Waals surface area contributed by atoms with E-state index in [9.17, 15) is 0 Å². The molecule has 0 unspecified atom stereocenters. The third-order valence-corrected chi connectivity index (χ3v) is 3.48. The number of para-hydroxylation sites is 1. The third-order valence-electron chi connectivity index (χ3n) is 3.48. The van der Waals surface area contributed by atoms with Gasteiger partial charge in [0, 0.05) is 36.7 Å². The highest BCUT2D eigenvalue weighted by atomic mass is 16.5. The fourth-order valence-electron chi connectivity index (χ4n) is 2.44. The summed E-state index contributed by atoms with van der Waals surface area (Å²) >= 11 is 0. The van der Waals surface area contributed by atoms with Crippen molar-refractivity contribution in [3.63, 3.8) is 0 Å². The second-order valence-corrected chi connectivity index (χ2v) is 4.56. The van der Waals surface area contributed by atoms with E-state index < -0.39 is 0 Å². The zero-order chi connectivity index (χ0) is 11.5. The summed E-state index contributed by atoms with van der Waals surface area (Å²) in [6, 6.07) is 8.51. The van der Waals surface area contributed by atoms with Crippen LogP contribution in [0, 0.1) is 0 Å². The summed E-state index contributed by atoms with van der Waals surface area (Å²) in [5.74, 6) is 0. The Balaban J connectivity index is 1.68. The van der Waals surface area contributed by atoms with E-state index in [2.05, 4.69) is 40.3 Å². The summed E-state index contributed by atoms with van der Waals surface area (Å²) in [6.07, 6.45) is 3.26. The summed E-state index contributed by atoms with van der Waals surface area (Å²) < 4.78 is 5.36. The molecule has 1 aromatic carbocycles. The number of nitrogens with one attached hydrogen (secondary N) is 1. The van der Waals surface area contributed by atoms with Crippen molar-refractivity contribution >= 4 is 10.9 Å². The molecule has 3 nitrogen and oxygen atoms in total. The molecular weight excluding hydrogens is 212 g/mol. The van der Waals surface area contributed by atoms with Crippen molar-refractivity contribution in [2.24, 2.45) is 0 Å². The molecule has 17 heavy (non-hydrogen) atoms. The number of fused-ring (bicyclic) bond motifs is 1. The summed E-state index contributed by atoms with van der Waals surface area (Å²) in [5.41, 5.74) is 2.66. The van der Waals surface area contributed by atoms with Gasteiger partial charge in [0.1, 0.15) is 0 Å². The molecule has 0 atom stereocenters. The largest absolute Gasteiger partial charge is 0.379 e. The predicted molar refractivity (Wildman–Crippen MR) is 69.3 cm³/mol. The van der Waals surface area contributed by atoms with Gasteiger partial charge in [-0.15, -0.1) is 0 Å². The Morgan fingerprint density at radius 1 is 1.18 bits per heavy atom. The minimum atomic E-state index is 0.883. The van der Waals surface area contributed by atoms with Gasteiger partial charge in [-0.05, 0) is 18.1 Å². The SMILES string of the molecule is c1ccc2c(CCN3CCOCC3)c[nH]c2c1. The molecule has 2 heterocycles. The summed E-state index contributed by atoms with van der Waals surface area (Å²) in [4.78, 5) is 5.81. The lowest BCUT2D eigenvalue weighted by Gasteiger charge is -2.26. The van der Waals surface area contributed by atoms with E-state index in [0.29, 0.717) is 0 Å². The topological polar surface area (TPSA) is 28.3 Å². The Morgan fingerprint density at radius 3 is 2.88 bits per heavy atom. The highest BCUT2D eigenvalue weighted by molar-refractivity contribution is 5.83. The Bertz CT molecular complexity index is 486. The number of rotatable bonds is 3. The highest BCUT2D eigenvalue weighted by Gasteiger charge is 2.11. The third kappa shape index (κ3) is 2.35. The molecule has 90 valence electrons. The molecule has 0 spiro atoms. The van der Waals surface area contributed by atoms with Crippen LogP contribution < -0.4 is 0 Å². The summed E-state index contributed by atoms with van der Waals surface area (Å²) in [6.45, 7) is 5.04. The maximum atomic E-state index is 5.36. The number of aromatic amines is 1. The van der Waals surface area contributed by atoms with Gasteiger partial charge < -0.3 is 9.72 Å². The molecule has 1 fully saturated rings. The first-order chi connectivity index (χ1) is 8.43. The number of hydrogen-bond acceptors (Lipinski definition) is 2. The molecule has 0 bridgehead atoms. The van der Waals surface area contributed by atoms with Crippen molar-refractivity contribution in [2.45, 2.75) is 6.42 Å². The van der Waals surface area contributed by atoms with E-state index in [1.54, 1.807) is 0 Å². The van der Waals surface area contributed by atoms with E-state index in [-0.39, 0.29) is 0 Å². The number of H-pyrrole nitrogens is 1. The molecule has 2 aromatic rings. The first kappa shape index (κ1) is 10.8. The van der Waals surface area contributed by atoms with Gasteiger partial charge in [-0.2, -0.15) is 0 Å². The van der Waals surface area contributed by atoms with Crippen LogP contribution in [-0.2, 0) is 11.2 Å². The molecule has 1 N–H and O–H groups in total. The average Bonchev–Trinajstić information content (AvgIpc) is 2.81. The van der Waals surface area contributed by atoms with Crippen molar-refractivity contribution in [3.8, 4) is 0 Å². The van der Waals surface area contributed by atoms with Crippen LogP contribution in [0.4, 0.5) is 0 Å². The van der Waals surface area contributed by atoms with Gasteiger partial charge in [0.25, 0.3) is 0 Å². The molecule has 1 aromatic heterocycles. The van der Waals surface area contributed by atoms with Crippen LogP contribution >= 0.6 is 0 Å². The number of nitrogens with zero attached hydrogens (tertiary/aromatic N) is 1. The second kappa shape index (κ2) is 4.90. The van der Waals surface area contributed by atoms with Gasteiger partial charge in [-0.25, -0.2) is 0 Å². The molecule has 1 saturated heterocycles. The van der Waals surface area contributed by atoms with E-state index in [0.717, 1.165) is 39.3 Å². The number of hydrogen-bond donors (Lipinski definition) is 1. The molecule has 1 aliphatic rings. The van der Waals surface area contributed by atoms with Crippen LogP contribution in [0.5, 0.6) is 0 Å². The normalized spacial score (nSPS) is 17.6. The maximum absolute atomic E-state index is 5.36. The van der Waals surface area contributed by atoms with Crippen LogP contribution in [-0.4, -0.2) is 42.7 Å². The molecule has 1 aliphatic heterocycles. The monoisotopic (exact) mass is 230 g/mol. The number of aromatic nitrogens is 1. The first-order valence-corrected chi connectivity index (χ1v) is 6.28. The maximum Gasteiger partial charge on any atom is 0.0594 e. The predicted octanol–water partition coefficient (Wildman–Crippen LogP) is 2.04. The lowest BCUT2D eigenvalue weighted by Crippen LogP contribution is -2.37. The number of morpholine rings is 1. The second-order valence-electron chi connectivity index (χ2n) is 4.56. The Morgan fingerprint density at radius 2 is 2.00 bits per heavy atom. The molecular formula is C14H18N2O. The summed E-state index contributed by atoms with van der Waals surface area (Å²) in [5, 5.41) is 1.36. The molecule has 3 heteroatoms. The quantitative estimate of drug-likeness (QED) is 0.874. The molecule has 0 saturated carbocycles. The van der Waals surface area contributed by atoms with Gasteiger partial charge in [0.05, 0.1) is 13.2 Å². The Labute approximate surface area is 101 Å². The van der Waals surface area contributed by atoms with E-state index in [1.807, 2.05) is 0 Å². The van der Waals surface area contributed by atoms with Gasteiger partial charge in [-0.1, -0.05) is 18.2 Å². The lowest BCUT2D eigenvalue weighted by molar-refractivity contribution is 0.0385. The zero-order valence-electron chi connectivity index (χ0n) is 9.98. The Hall–Kier alpha value is -1.32. The number of benzene rings is 1. The van der Waals surface area contributed by atoms with Crippen molar-refractivity contribution < 1.29 is 4.74 Å². The van der Waals surface area contributed by atoms with Crippen molar-refractivity contribution in [1.82, 2.24) is 9.88 Å². The van der Waals surface area contributed by atoms with Gasteiger partial charge >= 0.3 is 0 Å². The van der Waals surface area contributed by atoms with Gasteiger partial charge in [0.15, 0.2) is 0 Å². The van der Waals surface area contributed by atoms with Crippen LogP contribution in [0.3, 0.4) is 0 Å². The van der Waals surface area contributed by atoms with Crippen LogP contribution in [0.2, 0.25) is 0 Å². The Kier molecular flexibility index (Phi) is 3.12. The number of ether oxygens (including phenoxy) is 1. The van der Waals surface area contributed by atoms with E-state index in [1.165, 1.54) is 16.5 Å². The van der Waals surface area contributed by atoms with E-state index in [4.69, 9.17) is 4.74 Å². The minimum absolute atomic E-state index is 0.883. The van der Waals surface area contributed by atoms with Crippen LogP contribution in [0.1, 0.15) is 5.56 Å². The van der Waals surface area contributed by atoms with Crippen molar-refractivity contribution in [2.75, 3.05) is 32.8 Å². The van der Waals surface area contributed by atoms with E-state index >= 15 is 0 Å². The summed E-state index contributed by atoms with van der Waals surface area (Å²) in [7, 11) is 0. The van der Waals surface area contributed by atoms with Gasteiger partial charge in [-0.3, -0.25) is 4.90 Å².